The number of hydrogen-bond acceptors (Lipinski definition) is 11. The number of aromatic amines is 1. The maximum absolute atomic E-state index is 15.2. The number of phosphoric acid groups is 2. The van der Waals surface area contributed by atoms with E-state index < -0.39 is 64.0 Å². The lowest BCUT2D eigenvalue weighted by atomic mass is 9.95. The van der Waals surface area contributed by atoms with Gasteiger partial charge < -0.3 is 39.0 Å². The van der Waals surface area contributed by atoms with Gasteiger partial charge in [0.15, 0.2) is 6.23 Å². The highest BCUT2D eigenvalue weighted by atomic mass is 32.5. The quantitative estimate of drug-likeness (QED) is 0.184. The highest BCUT2D eigenvalue weighted by molar-refractivity contribution is 8.08. The molecular weight excluding hydrogens is 516 g/mol. The Morgan fingerprint density at radius 3 is 2.39 bits per heavy atom. The molecule has 1 aromatic heterocycles. The summed E-state index contributed by atoms with van der Waals surface area (Å²) >= 11 is 4.31. The lowest BCUT2D eigenvalue weighted by Crippen LogP contribution is -2.50. The Morgan fingerprint density at radius 2 is 1.87 bits per heavy atom. The minimum Gasteiger partial charge on any atom is -0.384 e. The standard InChI is InChI=1S/C10H16FN2O14P3S/c1-9(17)6(15)10(11,25-7(9)13-3-2-5(14)12-8(13)16)4-24-30(23,31)27-29(21,22)26-28(18,19)20/h2-3,6-7,15,17H,4H2,1H3,(H,21,22)(H,23,31)(H,12,14,16)(H2,18,19,20)/t6-,7+,9+,10+,30-/m0/s1. The molecule has 0 amide bonds. The monoisotopic (exact) mass is 532 g/mol. The Labute approximate surface area is 175 Å². The molecular formula is C10H16FN2O14P3S. The summed E-state index contributed by atoms with van der Waals surface area (Å²) in [7, 11) is -11.2. The number of alkyl halides is 1. The van der Waals surface area contributed by atoms with Crippen molar-refractivity contribution in [1.82, 2.24) is 9.55 Å². The van der Waals surface area contributed by atoms with E-state index in [-0.39, 0.29) is 0 Å². The normalized spacial score (nSPS) is 33.0. The number of aliphatic hydroxyl groups excluding tert-OH is 1. The van der Waals surface area contributed by atoms with Crippen molar-refractivity contribution >= 4 is 34.2 Å². The minimum atomic E-state index is -5.68. The third-order valence-electron chi connectivity index (χ3n) is 3.71. The molecule has 1 fully saturated rings. The van der Waals surface area contributed by atoms with Crippen LogP contribution in [-0.4, -0.2) is 63.5 Å². The Kier molecular flexibility index (Phi) is 7.36. The van der Waals surface area contributed by atoms with Crippen LogP contribution in [0.15, 0.2) is 21.9 Å². The molecule has 0 saturated carbocycles. The first-order valence-corrected chi connectivity index (χ1v) is 13.3. The maximum atomic E-state index is 15.2. The van der Waals surface area contributed by atoms with Gasteiger partial charge in [0, 0.05) is 12.3 Å². The molecule has 7 N–H and O–H groups in total. The Hall–Kier alpha value is -0.680. The molecule has 178 valence electrons. The zero-order valence-corrected chi connectivity index (χ0v) is 18.5. The molecule has 1 aliphatic heterocycles. The number of aliphatic hydroxyl groups is 2. The van der Waals surface area contributed by atoms with E-state index in [0.717, 1.165) is 19.2 Å². The Morgan fingerprint density at radius 1 is 1.29 bits per heavy atom. The van der Waals surface area contributed by atoms with Crippen LogP contribution < -0.4 is 11.2 Å². The van der Waals surface area contributed by atoms with Crippen molar-refractivity contribution in [2.75, 3.05) is 6.61 Å². The van der Waals surface area contributed by atoms with E-state index in [2.05, 4.69) is 25.0 Å². The Balaban J connectivity index is 2.22. The summed E-state index contributed by atoms with van der Waals surface area (Å²) in [4.78, 5) is 60.8. The second-order valence-electron chi connectivity index (χ2n) is 6.27. The molecule has 21 heteroatoms. The van der Waals surface area contributed by atoms with Crippen LogP contribution in [0.5, 0.6) is 0 Å². The van der Waals surface area contributed by atoms with Crippen LogP contribution in [0.1, 0.15) is 13.2 Å². The highest BCUT2D eigenvalue weighted by Gasteiger charge is 2.63. The van der Waals surface area contributed by atoms with Crippen molar-refractivity contribution in [3.05, 3.63) is 33.1 Å². The van der Waals surface area contributed by atoms with Crippen LogP contribution >= 0.6 is 22.4 Å². The molecule has 16 nitrogen and oxygen atoms in total. The zero-order valence-electron chi connectivity index (χ0n) is 15.0. The summed E-state index contributed by atoms with van der Waals surface area (Å²) in [5, 5.41) is 20.6. The van der Waals surface area contributed by atoms with Crippen LogP contribution in [0.2, 0.25) is 0 Å². The number of nitrogens with zero attached hydrogens (tertiary/aromatic N) is 1. The molecule has 0 aromatic carbocycles. The van der Waals surface area contributed by atoms with E-state index in [1.165, 1.54) is 0 Å². The summed E-state index contributed by atoms with van der Waals surface area (Å²) in [6.07, 6.45) is -3.56. The molecule has 2 heterocycles. The minimum absolute atomic E-state index is 0.535. The van der Waals surface area contributed by atoms with Gasteiger partial charge in [0.25, 0.3) is 11.4 Å². The molecule has 1 unspecified atom stereocenters. The molecule has 1 aromatic rings. The molecule has 0 bridgehead atoms. The van der Waals surface area contributed by atoms with E-state index in [9.17, 15) is 38.7 Å². The third kappa shape index (κ3) is 6.43. The van der Waals surface area contributed by atoms with Crippen LogP contribution in [0, 0.1) is 0 Å². The highest BCUT2D eigenvalue weighted by Crippen LogP contribution is 2.66. The van der Waals surface area contributed by atoms with Crippen molar-refractivity contribution in [2.24, 2.45) is 0 Å². The van der Waals surface area contributed by atoms with Gasteiger partial charge in [-0.15, -0.1) is 0 Å². The van der Waals surface area contributed by atoms with Crippen LogP contribution in [0.4, 0.5) is 4.39 Å². The summed E-state index contributed by atoms with van der Waals surface area (Å²) in [5.74, 6) is -3.40. The third-order valence-corrected chi connectivity index (χ3v) is 8.41. The van der Waals surface area contributed by atoms with E-state index in [1.54, 1.807) is 0 Å². The number of H-pyrrole nitrogens is 1. The first-order valence-electron chi connectivity index (χ1n) is 7.65. The molecule has 0 aliphatic carbocycles. The second kappa shape index (κ2) is 8.59. The van der Waals surface area contributed by atoms with E-state index in [1.807, 2.05) is 4.98 Å². The van der Waals surface area contributed by atoms with Gasteiger partial charge in [-0.05, 0) is 18.7 Å². The molecule has 6 atom stereocenters. The van der Waals surface area contributed by atoms with E-state index >= 15 is 4.39 Å². The molecule has 1 saturated heterocycles. The van der Waals surface area contributed by atoms with Gasteiger partial charge >= 0.3 is 28.1 Å². The first kappa shape index (κ1) is 26.6. The van der Waals surface area contributed by atoms with Crippen molar-refractivity contribution in [2.45, 2.75) is 30.7 Å². The fourth-order valence-electron chi connectivity index (χ4n) is 2.48. The number of halogens is 1. The average Bonchev–Trinajstić information content (AvgIpc) is 2.71. The van der Waals surface area contributed by atoms with Crippen molar-refractivity contribution in [3.63, 3.8) is 0 Å². The van der Waals surface area contributed by atoms with Gasteiger partial charge in [0.1, 0.15) is 18.3 Å². The fraction of sp³-hybridized carbons (Fsp3) is 0.600. The topological polar surface area (TPSA) is 247 Å². The number of rotatable bonds is 8. The molecule has 2 rings (SSSR count). The zero-order chi connectivity index (χ0) is 24.0. The van der Waals surface area contributed by atoms with Crippen LogP contribution in [0.25, 0.3) is 0 Å². The Bertz CT molecular complexity index is 1100. The van der Waals surface area contributed by atoms with Crippen molar-refractivity contribution in [3.8, 4) is 0 Å². The van der Waals surface area contributed by atoms with Crippen LogP contribution in [-0.2, 0) is 38.8 Å². The predicted molar refractivity (Wildman–Crippen MR) is 98.4 cm³/mol. The molecule has 0 spiro atoms. The lowest BCUT2D eigenvalue weighted by Gasteiger charge is -2.28. The smallest absolute Gasteiger partial charge is 0.384 e. The van der Waals surface area contributed by atoms with Crippen molar-refractivity contribution in [1.29, 1.82) is 0 Å². The SMILES string of the molecule is C[C@]1(O)[C@H](n2ccc(=O)[nH]c2=O)O[C@](F)(CO[P@](O)(=S)OP(=O)(O)OP(=O)(O)O)[C@H]1O. The predicted octanol–water partition coefficient (Wildman–Crippen LogP) is -1.70. The largest absolute Gasteiger partial charge is 0.488 e. The van der Waals surface area contributed by atoms with Gasteiger partial charge in [-0.1, -0.05) is 0 Å². The van der Waals surface area contributed by atoms with Gasteiger partial charge in [-0.25, -0.2) is 22.6 Å². The number of nitrogens with one attached hydrogen (secondary N) is 1. The van der Waals surface area contributed by atoms with Gasteiger partial charge in [0.2, 0.25) is 0 Å². The van der Waals surface area contributed by atoms with E-state index in [0.29, 0.717) is 4.57 Å². The fourth-order valence-corrected chi connectivity index (χ4v) is 6.43. The van der Waals surface area contributed by atoms with Crippen LogP contribution in [0.3, 0.4) is 0 Å². The van der Waals surface area contributed by atoms with Gasteiger partial charge in [-0.3, -0.25) is 14.3 Å². The molecule has 1 aliphatic rings. The second-order valence-corrected chi connectivity index (χ2v) is 12.1. The van der Waals surface area contributed by atoms with Gasteiger partial charge in [-0.2, -0.15) is 4.31 Å². The van der Waals surface area contributed by atoms with Gasteiger partial charge in [0.05, 0.1) is 0 Å². The summed E-state index contributed by atoms with van der Waals surface area (Å²) in [6.45, 7) is -5.64. The number of hydrogen-bond donors (Lipinski definition) is 7. The molecule has 0 radical (unpaired) electrons. The van der Waals surface area contributed by atoms with E-state index in [4.69, 9.17) is 14.5 Å². The lowest BCUT2D eigenvalue weighted by molar-refractivity contribution is -0.204. The molecule has 31 heavy (non-hydrogen) atoms. The summed E-state index contributed by atoms with van der Waals surface area (Å²) in [5.41, 5.74) is -4.48. The number of ether oxygens (including phenoxy) is 1. The maximum Gasteiger partial charge on any atom is 0.488 e. The summed E-state index contributed by atoms with van der Waals surface area (Å²) < 4.78 is 54.4. The average molecular weight is 532 g/mol. The number of aromatic nitrogens is 2. The summed E-state index contributed by atoms with van der Waals surface area (Å²) in [6, 6.07) is 0.836. The van der Waals surface area contributed by atoms with Crippen molar-refractivity contribution < 1.29 is 61.2 Å². The first-order chi connectivity index (χ1) is 13.8.